The smallest absolute Gasteiger partial charge is 0.332 e. The first-order valence-corrected chi connectivity index (χ1v) is 9.71. The summed E-state index contributed by atoms with van der Waals surface area (Å²) < 4.78 is 18.4. The van der Waals surface area contributed by atoms with Gasteiger partial charge in [-0.1, -0.05) is 12.1 Å². The number of urea groups is 1. The summed E-state index contributed by atoms with van der Waals surface area (Å²) in [6, 6.07) is 14.2. The molecule has 158 valence electrons. The highest BCUT2D eigenvalue weighted by molar-refractivity contribution is 6.22. The zero-order chi connectivity index (χ0) is 22.0. The number of carbonyl (C=O) groups excluding carboxylic acids is 3. The Bertz CT molecular complexity index is 1110. The molecule has 2 heterocycles. The van der Waals surface area contributed by atoms with E-state index in [1.807, 2.05) is 13.0 Å². The lowest BCUT2D eigenvalue weighted by atomic mass is 10.1. The molecule has 31 heavy (non-hydrogen) atoms. The minimum atomic E-state index is -1.00. The second-order valence-corrected chi connectivity index (χ2v) is 7.28. The summed E-state index contributed by atoms with van der Waals surface area (Å²) in [7, 11) is 0. The first kappa shape index (κ1) is 20.3. The van der Waals surface area contributed by atoms with Gasteiger partial charge in [0.05, 0.1) is 24.9 Å². The molecule has 3 aromatic rings. The zero-order valence-corrected chi connectivity index (χ0v) is 16.7. The number of anilines is 2. The highest BCUT2D eigenvalue weighted by Crippen LogP contribution is 2.29. The van der Waals surface area contributed by atoms with Gasteiger partial charge in [0.15, 0.2) is 0 Å². The number of nitrogens with one attached hydrogen (secondary N) is 1. The lowest BCUT2D eigenvalue weighted by molar-refractivity contribution is -0.124. The van der Waals surface area contributed by atoms with Crippen LogP contribution < -0.4 is 10.2 Å². The molecule has 1 atom stereocenters. The maximum atomic E-state index is 13.2. The quantitative estimate of drug-likeness (QED) is 0.608. The van der Waals surface area contributed by atoms with Crippen LogP contribution >= 0.6 is 0 Å². The minimum Gasteiger partial charge on any atom is -0.467 e. The van der Waals surface area contributed by atoms with Gasteiger partial charge in [0.25, 0.3) is 5.91 Å². The van der Waals surface area contributed by atoms with E-state index in [2.05, 4.69) is 5.32 Å². The number of nitrogens with zero attached hydrogens (tertiary/aromatic N) is 2. The number of aryl methyl sites for hydroxylation is 1. The summed E-state index contributed by atoms with van der Waals surface area (Å²) in [4.78, 5) is 41.4. The van der Waals surface area contributed by atoms with E-state index in [0.29, 0.717) is 17.1 Å². The van der Waals surface area contributed by atoms with E-state index in [0.717, 1.165) is 10.5 Å². The van der Waals surface area contributed by atoms with Crippen molar-refractivity contribution in [1.29, 1.82) is 0 Å². The van der Waals surface area contributed by atoms with Crippen LogP contribution in [0.3, 0.4) is 0 Å². The molecule has 1 fully saturated rings. The maximum Gasteiger partial charge on any atom is 0.332 e. The van der Waals surface area contributed by atoms with E-state index in [9.17, 15) is 18.8 Å². The van der Waals surface area contributed by atoms with E-state index in [1.165, 1.54) is 35.4 Å². The monoisotopic (exact) mass is 421 g/mol. The van der Waals surface area contributed by atoms with Gasteiger partial charge in [-0.25, -0.2) is 14.1 Å². The number of furan rings is 1. The summed E-state index contributed by atoms with van der Waals surface area (Å²) in [5.41, 5.74) is 1.74. The number of hydrogen-bond acceptors (Lipinski definition) is 4. The number of amides is 4. The summed E-state index contributed by atoms with van der Waals surface area (Å²) in [5, 5.41) is 2.64. The summed E-state index contributed by atoms with van der Waals surface area (Å²) >= 11 is 0. The van der Waals surface area contributed by atoms with Gasteiger partial charge in [-0.2, -0.15) is 0 Å². The van der Waals surface area contributed by atoms with Crippen molar-refractivity contribution < 1.29 is 23.2 Å². The summed E-state index contributed by atoms with van der Waals surface area (Å²) in [6.45, 7) is 1.91. The number of rotatable bonds is 6. The average Bonchev–Trinajstić information content (AvgIpc) is 3.32. The summed E-state index contributed by atoms with van der Waals surface area (Å²) in [5.74, 6) is -0.881. The SMILES string of the molecule is Cc1cccc(N2C(=O)[C@H](CC(=O)Nc3ccc(F)cc3)N(Cc3ccco3)C2=O)c1. The Morgan fingerprint density at radius 2 is 1.87 bits per heavy atom. The molecule has 0 saturated carbocycles. The second-order valence-electron chi connectivity index (χ2n) is 7.28. The normalized spacial score (nSPS) is 16.1. The molecule has 0 spiro atoms. The Hall–Kier alpha value is -3.94. The fourth-order valence-corrected chi connectivity index (χ4v) is 3.51. The van der Waals surface area contributed by atoms with Crippen LogP contribution in [0.25, 0.3) is 0 Å². The first-order valence-electron chi connectivity index (χ1n) is 9.71. The molecular weight excluding hydrogens is 401 g/mol. The van der Waals surface area contributed by atoms with Crippen LogP contribution in [0.15, 0.2) is 71.3 Å². The van der Waals surface area contributed by atoms with Crippen LogP contribution in [0.1, 0.15) is 17.7 Å². The molecule has 8 heteroatoms. The van der Waals surface area contributed by atoms with Gasteiger partial charge in [0.2, 0.25) is 5.91 Å². The Balaban J connectivity index is 1.59. The van der Waals surface area contributed by atoms with Crippen LogP contribution in [-0.4, -0.2) is 28.8 Å². The van der Waals surface area contributed by atoms with E-state index in [1.54, 1.807) is 30.3 Å². The van der Waals surface area contributed by atoms with Gasteiger partial charge in [0, 0.05) is 5.69 Å². The Labute approximate surface area is 178 Å². The average molecular weight is 421 g/mol. The van der Waals surface area contributed by atoms with Gasteiger partial charge >= 0.3 is 6.03 Å². The molecule has 7 nitrogen and oxygen atoms in total. The molecule has 1 saturated heterocycles. The third-order valence-electron chi connectivity index (χ3n) is 4.99. The molecule has 2 aromatic carbocycles. The number of halogens is 1. The standard InChI is InChI=1S/C23H20FN3O4/c1-15-4-2-5-18(12-15)27-22(29)20(26(23(27)30)14-19-6-3-11-31-19)13-21(28)25-17-9-7-16(24)8-10-17/h2-12,20H,13-14H2,1H3,(H,25,28)/t20-/m0/s1. The van der Waals surface area contributed by atoms with Gasteiger partial charge in [-0.05, 0) is 61.0 Å². The van der Waals surface area contributed by atoms with Crippen molar-refractivity contribution in [3.05, 3.63) is 84.1 Å². The zero-order valence-electron chi connectivity index (χ0n) is 16.7. The van der Waals surface area contributed by atoms with Crippen molar-refractivity contribution in [2.24, 2.45) is 0 Å². The Morgan fingerprint density at radius 3 is 2.55 bits per heavy atom. The van der Waals surface area contributed by atoms with E-state index in [-0.39, 0.29) is 13.0 Å². The molecule has 1 aromatic heterocycles. The minimum absolute atomic E-state index is 0.0500. The van der Waals surface area contributed by atoms with E-state index in [4.69, 9.17) is 4.42 Å². The maximum absolute atomic E-state index is 13.2. The molecule has 1 aliphatic rings. The highest BCUT2D eigenvalue weighted by Gasteiger charge is 2.47. The lowest BCUT2D eigenvalue weighted by Gasteiger charge is -2.20. The second kappa shape index (κ2) is 8.43. The van der Waals surface area contributed by atoms with Crippen molar-refractivity contribution in [1.82, 2.24) is 4.90 Å². The van der Waals surface area contributed by atoms with Gasteiger partial charge in [-0.3, -0.25) is 9.59 Å². The van der Waals surface area contributed by atoms with Crippen molar-refractivity contribution in [3.8, 4) is 0 Å². The molecule has 0 unspecified atom stereocenters. The van der Waals surface area contributed by atoms with Crippen molar-refractivity contribution >= 4 is 29.2 Å². The number of carbonyl (C=O) groups is 3. The van der Waals surface area contributed by atoms with Gasteiger partial charge in [-0.15, -0.1) is 0 Å². The van der Waals surface area contributed by atoms with E-state index < -0.39 is 29.7 Å². The van der Waals surface area contributed by atoms with Crippen molar-refractivity contribution in [2.75, 3.05) is 10.2 Å². The number of benzene rings is 2. The Morgan fingerprint density at radius 1 is 1.10 bits per heavy atom. The molecule has 0 bridgehead atoms. The van der Waals surface area contributed by atoms with Crippen LogP contribution in [0.2, 0.25) is 0 Å². The molecule has 1 aliphatic heterocycles. The third kappa shape index (κ3) is 4.32. The fraction of sp³-hybridized carbons (Fsp3) is 0.174. The van der Waals surface area contributed by atoms with Crippen LogP contribution in [-0.2, 0) is 16.1 Å². The molecular formula is C23H20FN3O4. The van der Waals surface area contributed by atoms with Gasteiger partial charge in [0.1, 0.15) is 17.6 Å². The summed E-state index contributed by atoms with van der Waals surface area (Å²) in [6.07, 6.45) is 1.23. The largest absolute Gasteiger partial charge is 0.467 e. The lowest BCUT2D eigenvalue weighted by Crippen LogP contribution is -2.37. The third-order valence-corrected chi connectivity index (χ3v) is 4.99. The van der Waals surface area contributed by atoms with Crippen molar-refractivity contribution in [2.45, 2.75) is 25.9 Å². The topological polar surface area (TPSA) is 82.9 Å². The number of imide groups is 1. The Kier molecular flexibility index (Phi) is 5.53. The predicted molar refractivity (Wildman–Crippen MR) is 112 cm³/mol. The van der Waals surface area contributed by atoms with Gasteiger partial charge < -0.3 is 14.6 Å². The van der Waals surface area contributed by atoms with Crippen molar-refractivity contribution in [3.63, 3.8) is 0 Å². The highest BCUT2D eigenvalue weighted by atomic mass is 19.1. The van der Waals surface area contributed by atoms with Crippen LogP contribution in [0.4, 0.5) is 20.6 Å². The number of hydrogen-bond donors (Lipinski definition) is 1. The molecule has 1 N–H and O–H groups in total. The van der Waals surface area contributed by atoms with Crippen LogP contribution in [0.5, 0.6) is 0 Å². The molecule has 0 aliphatic carbocycles. The van der Waals surface area contributed by atoms with Crippen LogP contribution in [0, 0.1) is 12.7 Å². The predicted octanol–water partition coefficient (Wildman–Crippen LogP) is 4.09. The van der Waals surface area contributed by atoms with E-state index >= 15 is 0 Å². The molecule has 0 radical (unpaired) electrons. The molecule has 4 amide bonds. The molecule has 4 rings (SSSR count). The fourth-order valence-electron chi connectivity index (χ4n) is 3.51. The first-order chi connectivity index (χ1) is 14.9.